The number of furan rings is 1. The predicted molar refractivity (Wildman–Crippen MR) is 88.2 cm³/mol. The van der Waals surface area contributed by atoms with Gasteiger partial charge in [0.1, 0.15) is 17.1 Å². The molecule has 0 aliphatic heterocycles. The van der Waals surface area contributed by atoms with Gasteiger partial charge >= 0.3 is 0 Å². The van der Waals surface area contributed by atoms with Crippen molar-refractivity contribution in [2.24, 2.45) is 4.99 Å². The Bertz CT molecular complexity index is 439. The monoisotopic (exact) mass is 381 g/mol. The Morgan fingerprint density at radius 1 is 1.47 bits per heavy atom. The lowest BCUT2D eigenvalue weighted by Gasteiger charge is -2.26. The molecule has 0 aliphatic carbocycles. The molecule has 1 aromatic heterocycles. The molecule has 0 amide bonds. The summed E-state index contributed by atoms with van der Waals surface area (Å²) in [7, 11) is 5.51. The molecule has 5 nitrogen and oxygen atoms in total. The Hall–Kier alpha value is -0.760. The Morgan fingerprint density at radius 3 is 2.42 bits per heavy atom. The van der Waals surface area contributed by atoms with Gasteiger partial charge in [0.2, 0.25) is 0 Å². The van der Waals surface area contributed by atoms with Gasteiger partial charge in [0.25, 0.3) is 0 Å². The van der Waals surface area contributed by atoms with Gasteiger partial charge in [0.05, 0.1) is 6.54 Å². The number of hydrogen-bond acceptors (Lipinski definition) is 3. The number of guanidine groups is 1. The number of aliphatic hydroxyl groups is 1. The van der Waals surface area contributed by atoms with E-state index in [-0.39, 0.29) is 24.0 Å². The fourth-order valence-electron chi connectivity index (χ4n) is 1.95. The van der Waals surface area contributed by atoms with Crippen molar-refractivity contribution in [1.29, 1.82) is 0 Å². The first-order chi connectivity index (χ1) is 8.27. The largest absolute Gasteiger partial charge is 0.466 e. The normalized spacial score (nSPS) is 14.6. The molecule has 110 valence electrons. The van der Waals surface area contributed by atoms with Crippen LogP contribution in [0.4, 0.5) is 0 Å². The van der Waals surface area contributed by atoms with Crippen LogP contribution in [0.15, 0.2) is 15.5 Å². The van der Waals surface area contributed by atoms with Crippen LogP contribution >= 0.6 is 24.0 Å². The molecule has 1 heterocycles. The van der Waals surface area contributed by atoms with Crippen LogP contribution in [0.5, 0.6) is 0 Å². The van der Waals surface area contributed by atoms with Crippen molar-refractivity contribution < 1.29 is 9.52 Å². The first kappa shape index (κ1) is 18.2. The summed E-state index contributed by atoms with van der Waals surface area (Å²) in [5.41, 5.74) is -0.185. The quantitative estimate of drug-likeness (QED) is 0.477. The number of nitrogens with one attached hydrogen (secondary N) is 1. The molecule has 0 aliphatic rings. The molecule has 0 saturated carbocycles. The summed E-state index contributed by atoms with van der Waals surface area (Å²) in [5.74, 6) is 2.28. The zero-order chi connectivity index (χ0) is 13.9. The SMILES string of the molecule is CN=C(NCC(C)(O)c1cc(C)oc1C)N(C)C.I. The maximum absolute atomic E-state index is 10.5. The van der Waals surface area contributed by atoms with E-state index in [1.54, 1.807) is 14.0 Å². The summed E-state index contributed by atoms with van der Waals surface area (Å²) in [5, 5.41) is 13.6. The molecule has 2 N–H and O–H groups in total. The molecule has 1 unspecified atom stereocenters. The lowest BCUT2D eigenvalue weighted by molar-refractivity contribution is 0.0597. The van der Waals surface area contributed by atoms with E-state index in [1.807, 2.05) is 38.9 Å². The fraction of sp³-hybridized carbons (Fsp3) is 0.615. The van der Waals surface area contributed by atoms with E-state index >= 15 is 0 Å². The minimum absolute atomic E-state index is 0. The highest BCUT2D eigenvalue weighted by molar-refractivity contribution is 14.0. The Kier molecular flexibility index (Phi) is 6.85. The second kappa shape index (κ2) is 7.14. The molecule has 0 spiro atoms. The third-order valence-corrected chi connectivity index (χ3v) is 2.85. The van der Waals surface area contributed by atoms with E-state index in [9.17, 15) is 5.11 Å². The summed E-state index contributed by atoms with van der Waals surface area (Å²) < 4.78 is 5.45. The van der Waals surface area contributed by atoms with E-state index < -0.39 is 5.60 Å². The van der Waals surface area contributed by atoms with Crippen LogP contribution in [0.25, 0.3) is 0 Å². The van der Waals surface area contributed by atoms with Crippen LogP contribution in [-0.4, -0.2) is 43.7 Å². The Balaban J connectivity index is 0.00000324. The minimum atomic E-state index is -0.992. The van der Waals surface area contributed by atoms with Gasteiger partial charge in [-0.1, -0.05) is 0 Å². The number of rotatable bonds is 3. The topological polar surface area (TPSA) is 61.0 Å². The summed E-state index contributed by atoms with van der Waals surface area (Å²) in [6, 6.07) is 1.87. The van der Waals surface area contributed by atoms with Gasteiger partial charge < -0.3 is 19.7 Å². The third-order valence-electron chi connectivity index (χ3n) is 2.85. The van der Waals surface area contributed by atoms with Crippen LogP contribution in [0, 0.1) is 13.8 Å². The maximum atomic E-state index is 10.5. The summed E-state index contributed by atoms with van der Waals surface area (Å²) in [4.78, 5) is 5.97. The molecule has 0 saturated heterocycles. The average molecular weight is 381 g/mol. The molecule has 19 heavy (non-hydrogen) atoms. The maximum Gasteiger partial charge on any atom is 0.193 e. The third kappa shape index (κ3) is 4.68. The minimum Gasteiger partial charge on any atom is -0.466 e. The van der Waals surface area contributed by atoms with E-state index in [0.29, 0.717) is 6.54 Å². The highest BCUT2D eigenvalue weighted by Crippen LogP contribution is 2.26. The molecule has 1 rings (SSSR count). The van der Waals surface area contributed by atoms with E-state index in [0.717, 1.165) is 23.0 Å². The predicted octanol–water partition coefficient (Wildman–Crippen LogP) is 1.86. The van der Waals surface area contributed by atoms with Crippen LogP contribution in [-0.2, 0) is 5.60 Å². The molecule has 1 aromatic rings. The molecule has 0 aromatic carbocycles. The Morgan fingerprint density at radius 2 is 2.05 bits per heavy atom. The zero-order valence-electron chi connectivity index (χ0n) is 12.4. The first-order valence-corrected chi connectivity index (χ1v) is 5.96. The standard InChI is InChI=1S/C13H23N3O2.HI/c1-9-7-11(10(2)18-9)13(3,17)8-15-12(14-4)16(5)6;/h7,17H,8H2,1-6H3,(H,14,15);1H. The average Bonchev–Trinajstić information content (AvgIpc) is 2.58. The van der Waals surface area contributed by atoms with E-state index in [4.69, 9.17) is 4.42 Å². The molecule has 0 bridgehead atoms. The number of hydrogen-bond donors (Lipinski definition) is 2. The summed E-state index contributed by atoms with van der Waals surface area (Å²) in [6.07, 6.45) is 0. The number of halogens is 1. The lowest BCUT2D eigenvalue weighted by Crippen LogP contribution is -2.44. The van der Waals surface area contributed by atoms with Crippen molar-refractivity contribution in [3.8, 4) is 0 Å². The van der Waals surface area contributed by atoms with Crippen molar-refractivity contribution in [2.45, 2.75) is 26.4 Å². The Labute approximate surface area is 132 Å². The van der Waals surface area contributed by atoms with Gasteiger partial charge in [0.15, 0.2) is 5.96 Å². The molecule has 1 atom stereocenters. The van der Waals surface area contributed by atoms with E-state index in [2.05, 4.69) is 10.3 Å². The van der Waals surface area contributed by atoms with Crippen LogP contribution in [0.1, 0.15) is 24.0 Å². The smallest absolute Gasteiger partial charge is 0.193 e. The van der Waals surface area contributed by atoms with Gasteiger partial charge in [-0.05, 0) is 26.8 Å². The number of aryl methyl sites for hydroxylation is 2. The van der Waals surface area contributed by atoms with Gasteiger partial charge in [-0.3, -0.25) is 4.99 Å². The molecular formula is C13H24IN3O2. The van der Waals surface area contributed by atoms with Crippen molar-refractivity contribution >= 4 is 29.9 Å². The lowest BCUT2D eigenvalue weighted by atomic mass is 9.96. The van der Waals surface area contributed by atoms with E-state index in [1.165, 1.54) is 0 Å². The molecular weight excluding hydrogens is 357 g/mol. The number of nitrogens with zero attached hydrogens (tertiary/aromatic N) is 2. The van der Waals surface area contributed by atoms with Crippen molar-refractivity contribution in [2.75, 3.05) is 27.7 Å². The van der Waals surface area contributed by atoms with Gasteiger partial charge in [-0.25, -0.2) is 0 Å². The molecule has 0 radical (unpaired) electrons. The van der Waals surface area contributed by atoms with Crippen molar-refractivity contribution in [3.63, 3.8) is 0 Å². The highest BCUT2D eigenvalue weighted by Gasteiger charge is 2.27. The van der Waals surface area contributed by atoms with Gasteiger partial charge in [-0.2, -0.15) is 0 Å². The van der Waals surface area contributed by atoms with Crippen LogP contribution in [0.2, 0.25) is 0 Å². The zero-order valence-corrected chi connectivity index (χ0v) is 14.8. The second-order valence-electron chi connectivity index (χ2n) is 4.90. The van der Waals surface area contributed by atoms with Crippen molar-refractivity contribution in [3.05, 3.63) is 23.2 Å². The fourth-order valence-corrected chi connectivity index (χ4v) is 1.95. The van der Waals surface area contributed by atoms with Gasteiger partial charge in [0, 0.05) is 26.7 Å². The molecule has 0 fully saturated rings. The number of aliphatic imine (C=N–C) groups is 1. The highest BCUT2D eigenvalue weighted by atomic mass is 127. The summed E-state index contributed by atoms with van der Waals surface area (Å²) in [6.45, 7) is 5.87. The summed E-state index contributed by atoms with van der Waals surface area (Å²) >= 11 is 0. The van der Waals surface area contributed by atoms with Crippen LogP contribution in [0.3, 0.4) is 0 Å². The van der Waals surface area contributed by atoms with Crippen LogP contribution < -0.4 is 5.32 Å². The first-order valence-electron chi connectivity index (χ1n) is 5.96. The second-order valence-corrected chi connectivity index (χ2v) is 4.90. The molecule has 6 heteroatoms. The van der Waals surface area contributed by atoms with Gasteiger partial charge in [-0.15, -0.1) is 24.0 Å². The van der Waals surface area contributed by atoms with Crippen molar-refractivity contribution in [1.82, 2.24) is 10.2 Å².